The third-order valence-corrected chi connectivity index (χ3v) is 4.44. The Morgan fingerprint density at radius 1 is 1.15 bits per heavy atom. The molecule has 0 bridgehead atoms. The van der Waals surface area contributed by atoms with Crippen molar-refractivity contribution in [3.8, 4) is 11.3 Å². The Bertz CT molecular complexity index is 916. The van der Waals surface area contributed by atoms with Crippen LogP contribution in [-0.2, 0) is 4.74 Å². The lowest BCUT2D eigenvalue weighted by Gasteiger charge is -2.24. The Hall–Kier alpha value is -3.03. The predicted molar refractivity (Wildman–Crippen MR) is 99.9 cm³/mol. The number of carbonyl (C=O) groups is 1. The summed E-state index contributed by atoms with van der Waals surface area (Å²) in [6.07, 6.45) is 0.0672. The molecule has 0 saturated carbocycles. The van der Waals surface area contributed by atoms with Crippen LogP contribution in [0.4, 0.5) is 10.2 Å². The first-order valence-electron chi connectivity index (χ1n) is 8.74. The first kappa shape index (κ1) is 17.4. The van der Waals surface area contributed by atoms with Crippen molar-refractivity contribution in [2.75, 3.05) is 25.0 Å². The fourth-order valence-electron chi connectivity index (χ4n) is 2.98. The molecule has 0 radical (unpaired) electrons. The minimum atomic E-state index is -0.381. The van der Waals surface area contributed by atoms with Gasteiger partial charge in [0.05, 0.1) is 18.4 Å². The molecule has 4 rings (SSSR count). The van der Waals surface area contributed by atoms with Crippen molar-refractivity contribution in [2.45, 2.75) is 6.10 Å². The Morgan fingerprint density at radius 2 is 1.93 bits per heavy atom. The number of nitrogens with zero attached hydrogens (tertiary/aromatic N) is 1. The van der Waals surface area contributed by atoms with Crippen LogP contribution in [-0.4, -0.2) is 35.8 Å². The van der Waals surface area contributed by atoms with E-state index in [0.717, 1.165) is 29.9 Å². The topological polar surface area (TPSA) is 79.0 Å². The van der Waals surface area contributed by atoms with Crippen LogP contribution in [0, 0.1) is 5.82 Å². The molecule has 2 heterocycles. The number of morpholine rings is 1. The summed E-state index contributed by atoms with van der Waals surface area (Å²) < 4.78 is 18.7. The maximum atomic E-state index is 13.0. The van der Waals surface area contributed by atoms with Crippen LogP contribution in [0.3, 0.4) is 0 Å². The second-order valence-corrected chi connectivity index (χ2v) is 6.31. The largest absolute Gasteiger partial charge is 0.371 e. The maximum absolute atomic E-state index is 13.0. The highest BCUT2D eigenvalue weighted by atomic mass is 19.1. The normalized spacial score (nSPS) is 16.9. The number of hydrogen-bond donors (Lipinski definition) is 3. The zero-order valence-electron chi connectivity index (χ0n) is 14.5. The monoisotopic (exact) mass is 366 g/mol. The van der Waals surface area contributed by atoms with Gasteiger partial charge >= 0.3 is 0 Å². The number of rotatable bonds is 4. The molecule has 1 amide bonds. The second kappa shape index (κ2) is 7.69. The zero-order chi connectivity index (χ0) is 18.6. The Kier molecular flexibility index (Phi) is 4.95. The fourth-order valence-corrected chi connectivity index (χ4v) is 2.98. The molecule has 138 valence electrons. The minimum absolute atomic E-state index is 0.0672. The van der Waals surface area contributed by atoms with Gasteiger partial charge in [0.2, 0.25) is 0 Å². The van der Waals surface area contributed by atoms with E-state index in [1.54, 1.807) is 6.07 Å². The number of hydrogen-bond acceptors (Lipinski definition) is 4. The summed E-state index contributed by atoms with van der Waals surface area (Å²) in [6.45, 7) is 2.40. The number of anilines is 1. The van der Waals surface area contributed by atoms with Gasteiger partial charge in [0.15, 0.2) is 0 Å². The molecule has 1 aromatic heterocycles. The van der Waals surface area contributed by atoms with E-state index in [1.807, 2.05) is 24.3 Å². The van der Waals surface area contributed by atoms with Gasteiger partial charge in [-0.15, -0.1) is 0 Å². The summed E-state index contributed by atoms with van der Waals surface area (Å²) in [4.78, 5) is 12.2. The lowest BCUT2D eigenvalue weighted by atomic mass is 10.0. The Labute approximate surface area is 155 Å². The lowest BCUT2D eigenvalue weighted by molar-refractivity contribution is 0.0277. The third-order valence-electron chi connectivity index (χ3n) is 4.44. The molecule has 6 nitrogen and oxygen atoms in total. The highest BCUT2D eigenvalue weighted by molar-refractivity contribution is 6.03. The average molecular weight is 366 g/mol. The van der Waals surface area contributed by atoms with Crippen LogP contribution in [0.25, 0.3) is 11.3 Å². The van der Waals surface area contributed by atoms with Crippen LogP contribution < -0.4 is 10.6 Å². The number of ether oxygens (including phenoxy) is 1. The summed E-state index contributed by atoms with van der Waals surface area (Å²) >= 11 is 0. The van der Waals surface area contributed by atoms with Gasteiger partial charge in [-0.2, -0.15) is 5.10 Å². The first-order valence-corrected chi connectivity index (χ1v) is 8.74. The number of halogens is 1. The molecule has 0 spiro atoms. The van der Waals surface area contributed by atoms with E-state index >= 15 is 0 Å². The molecule has 1 saturated heterocycles. The number of aromatic nitrogens is 2. The van der Waals surface area contributed by atoms with E-state index in [9.17, 15) is 9.18 Å². The van der Waals surface area contributed by atoms with E-state index in [4.69, 9.17) is 4.74 Å². The van der Waals surface area contributed by atoms with E-state index < -0.39 is 0 Å². The predicted octanol–water partition coefficient (Wildman–Crippen LogP) is 3.13. The van der Waals surface area contributed by atoms with Gasteiger partial charge in [-0.3, -0.25) is 9.89 Å². The quantitative estimate of drug-likeness (QED) is 0.663. The zero-order valence-corrected chi connectivity index (χ0v) is 14.5. The van der Waals surface area contributed by atoms with Crippen molar-refractivity contribution in [1.29, 1.82) is 0 Å². The molecule has 3 N–H and O–H groups in total. The number of carbonyl (C=O) groups excluding carboxylic acids is 1. The average Bonchev–Trinajstić information content (AvgIpc) is 3.18. The molecule has 1 aliphatic rings. The second-order valence-electron chi connectivity index (χ2n) is 6.31. The van der Waals surface area contributed by atoms with Gasteiger partial charge in [0.1, 0.15) is 11.6 Å². The molecule has 0 unspecified atom stereocenters. The summed E-state index contributed by atoms with van der Waals surface area (Å²) in [7, 11) is 0. The highest BCUT2D eigenvalue weighted by Gasteiger charge is 2.16. The summed E-state index contributed by atoms with van der Waals surface area (Å²) in [5.41, 5.74) is 3.14. The van der Waals surface area contributed by atoms with E-state index in [1.165, 1.54) is 24.3 Å². The molecule has 1 fully saturated rings. The number of amides is 1. The SMILES string of the molecule is O=C(Nc1cc(-c2ccc([C@H]3CNCCO3)cc2)n[nH]1)c1ccc(F)cc1. The van der Waals surface area contributed by atoms with Gasteiger partial charge in [-0.1, -0.05) is 24.3 Å². The van der Waals surface area contributed by atoms with Crippen molar-refractivity contribution in [3.05, 3.63) is 71.5 Å². The molecule has 0 aliphatic carbocycles. The van der Waals surface area contributed by atoms with Crippen molar-refractivity contribution in [3.63, 3.8) is 0 Å². The van der Waals surface area contributed by atoms with Gasteiger partial charge < -0.3 is 15.4 Å². The van der Waals surface area contributed by atoms with Crippen molar-refractivity contribution in [2.24, 2.45) is 0 Å². The van der Waals surface area contributed by atoms with Gasteiger partial charge in [0.25, 0.3) is 5.91 Å². The fraction of sp³-hybridized carbons (Fsp3) is 0.200. The molecule has 1 atom stereocenters. The number of H-pyrrole nitrogens is 1. The Balaban J connectivity index is 1.44. The molecular weight excluding hydrogens is 347 g/mol. The van der Waals surface area contributed by atoms with Gasteiger partial charge in [-0.25, -0.2) is 4.39 Å². The standard InChI is InChI=1S/C20H19FN4O2/c21-16-7-5-15(6-8-16)20(26)23-19-11-17(24-25-19)13-1-3-14(4-2-13)18-12-22-9-10-27-18/h1-8,11,18,22H,9-10,12H2,(H2,23,24,25,26)/t18-/m1/s1. The third kappa shape index (κ3) is 4.05. The molecule has 7 heteroatoms. The smallest absolute Gasteiger partial charge is 0.256 e. The number of nitrogens with one attached hydrogen (secondary N) is 3. The van der Waals surface area contributed by atoms with E-state index in [2.05, 4.69) is 20.8 Å². The number of aromatic amines is 1. The van der Waals surface area contributed by atoms with E-state index in [0.29, 0.717) is 18.0 Å². The van der Waals surface area contributed by atoms with Crippen molar-refractivity contribution >= 4 is 11.7 Å². The summed E-state index contributed by atoms with van der Waals surface area (Å²) in [6, 6.07) is 15.1. The highest BCUT2D eigenvalue weighted by Crippen LogP contribution is 2.24. The number of benzene rings is 2. The van der Waals surface area contributed by atoms with E-state index in [-0.39, 0.29) is 17.8 Å². The van der Waals surface area contributed by atoms with Gasteiger partial charge in [-0.05, 0) is 29.8 Å². The molecule has 2 aromatic carbocycles. The summed E-state index contributed by atoms with van der Waals surface area (Å²) in [5, 5.41) is 13.1. The van der Waals surface area contributed by atoms with Crippen molar-refractivity contribution < 1.29 is 13.9 Å². The molecule has 27 heavy (non-hydrogen) atoms. The first-order chi connectivity index (χ1) is 13.2. The van der Waals surface area contributed by atoms with Crippen molar-refractivity contribution in [1.82, 2.24) is 15.5 Å². The Morgan fingerprint density at radius 3 is 2.63 bits per heavy atom. The van der Waals surface area contributed by atoms with Crippen LogP contribution in [0.5, 0.6) is 0 Å². The maximum Gasteiger partial charge on any atom is 0.256 e. The lowest BCUT2D eigenvalue weighted by Crippen LogP contribution is -2.33. The van der Waals surface area contributed by atoms with Crippen LogP contribution in [0.15, 0.2) is 54.6 Å². The van der Waals surface area contributed by atoms with Gasteiger partial charge in [0, 0.05) is 30.3 Å². The van der Waals surface area contributed by atoms with Crippen LogP contribution in [0.2, 0.25) is 0 Å². The molecule has 3 aromatic rings. The summed E-state index contributed by atoms with van der Waals surface area (Å²) in [5.74, 6) is -0.237. The van der Waals surface area contributed by atoms with Crippen LogP contribution in [0.1, 0.15) is 22.0 Å². The molecular formula is C20H19FN4O2. The molecule has 1 aliphatic heterocycles. The van der Waals surface area contributed by atoms with Crippen LogP contribution >= 0.6 is 0 Å². The minimum Gasteiger partial charge on any atom is -0.371 e.